The Morgan fingerprint density at radius 2 is 2.10 bits per heavy atom. The molecule has 1 aromatic heterocycles. The van der Waals surface area contributed by atoms with E-state index in [1.807, 2.05) is 0 Å². The van der Waals surface area contributed by atoms with E-state index in [4.69, 9.17) is 0 Å². The minimum atomic E-state index is -4.31. The summed E-state index contributed by atoms with van der Waals surface area (Å²) in [5.74, 6) is -1.65. The Morgan fingerprint density at radius 3 is 2.79 bits per heavy atom. The molecule has 0 unspecified atom stereocenters. The van der Waals surface area contributed by atoms with Crippen molar-refractivity contribution in [3.63, 3.8) is 0 Å². The highest BCUT2D eigenvalue weighted by molar-refractivity contribution is 5.95. The Balaban J connectivity index is 1.86. The molecule has 0 saturated carbocycles. The summed E-state index contributed by atoms with van der Waals surface area (Å²) in [4.78, 5) is 16.9. The van der Waals surface area contributed by atoms with E-state index in [0.717, 1.165) is 0 Å². The third kappa shape index (κ3) is 4.95. The molecule has 0 aliphatic carbocycles. The van der Waals surface area contributed by atoms with Crippen LogP contribution in [0.3, 0.4) is 0 Å². The van der Waals surface area contributed by atoms with Crippen LogP contribution in [0, 0.1) is 17.2 Å². The third-order valence-corrected chi connectivity index (χ3v) is 5.05. The van der Waals surface area contributed by atoms with Crippen molar-refractivity contribution >= 4 is 22.5 Å². The molecule has 0 bridgehead atoms. The van der Waals surface area contributed by atoms with Crippen molar-refractivity contribution in [3.05, 3.63) is 36.0 Å². The van der Waals surface area contributed by atoms with Crippen molar-refractivity contribution in [1.82, 2.24) is 15.6 Å². The molecular formula is C20H22F3N5O. The number of amides is 1. The van der Waals surface area contributed by atoms with Gasteiger partial charge < -0.3 is 15.5 Å². The number of carbonyl (C=O) groups is 1. The van der Waals surface area contributed by atoms with Gasteiger partial charge in [0.15, 0.2) is 0 Å². The van der Waals surface area contributed by atoms with Crippen molar-refractivity contribution < 1.29 is 18.0 Å². The number of nitrogens with zero attached hydrogens (tertiary/aromatic N) is 3. The van der Waals surface area contributed by atoms with E-state index < -0.39 is 12.1 Å². The summed E-state index contributed by atoms with van der Waals surface area (Å²) in [5.41, 5.74) is 1.50. The lowest BCUT2D eigenvalue weighted by Crippen LogP contribution is -2.53. The molecule has 1 amide bonds. The zero-order valence-electron chi connectivity index (χ0n) is 16.0. The maximum Gasteiger partial charge on any atom is 0.393 e. The number of nitrogens with one attached hydrogen (secondary N) is 2. The number of fused-ring (bicyclic) bond motifs is 1. The molecule has 2 heterocycles. The smallest absolute Gasteiger partial charge is 0.369 e. The number of hydrogen-bond donors (Lipinski definition) is 2. The number of rotatable bonds is 5. The summed E-state index contributed by atoms with van der Waals surface area (Å²) in [7, 11) is 0. The fraction of sp³-hybridized carbons (Fsp3) is 0.450. The average molecular weight is 405 g/mol. The second-order valence-corrected chi connectivity index (χ2v) is 7.16. The van der Waals surface area contributed by atoms with E-state index >= 15 is 0 Å². The molecule has 1 fully saturated rings. The highest BCUT2D eigenvalue weighted by atomic mass is 19.4. The van der Waals surface area contributed by atoms with Gasteiger partial charge in [0.25, 0.3) is 0 Å². The second kappa shape index (κ2) is 8.66. The highest BCUT2D eigenvalue weighted by Gasteiger charge is 2.44. The summed E-state index contributed by atoms with van der Waals surface area (Å²) >= 11 is 0. The minimum absolute atomic E-state index is 0.0213. The number of aromatic nitrogens is 1. The van der Waals surface area contributed by atoms with Gasteiger partial charge in [-0.2, -0.15) is 18.4 Å². The molecule has 1 aliphatic heterocycles. The first-order valence-electron chi connectivity index (χ1n) is 9.37. The molecule has 9 heteroatoms. The van der Waals surface area contributed by atoms with E-state index in [2.05, 4.69) is 21.7 Å². The Morgan fingerprint density at radius 1 is 1.31 bits per heavy atom. The first kappa shape index (κ1) is 20.9. The monoisotopic (exact) mass is 405 g/mol. The lowest BCUT2D eigenvalue weighted by molar-refractivity contribution is -0.177. The molecule has 2 N–H and O–H groups in total. The molecule has 29 heavy (non-hydrogen) atoms. The Hall–Kier alpha value is -2.86. The van der Waals surface area contributed by atoms with Crippen molar-refractivity contribution in [2.24, 2.45) is 5.92 Å². The summed E-state index contributed by atoms with van der Waals surface area (Å²) in [5, 5.41) is 15.7. The summed E-state index contributed by atoms with van der Waals surface area (Å²) in [6.07, 6.45) is -2.77. The number of carbonyl (C=O) groups excluding carboxylic acids is 1. The van der Waals surface area contributed by atoms with E-state index in [1.54, 1.807) is 35.4 Å². The van der Waals surface area contributed by atoms with Gasteiger partial charge in [0.05, 0.1) is 17.0 Å². The maximum absolute atomic E-state index is 13.6. The van der Waals surface area contributed by atoms with Gasteiger partial charge in [-0.1, -0.05) is 0 Å². The van der Waals surface area contributed by atoms with Gasteiger partial charge in [-0.15, -0.1) is 0 Å². The molecule has 1 aromatic carbocycles. The van der Waals surface area contributed by atoms with Gasteiger partial charge in [-0.3, -0.25) is 9.78 Å². The number of anilines is 1. The van der Waals surface area contributed by atoms with Crippen LogP contribution in [0.4, 0.5) is 18.9 Å². The number of halogens is 3. The average Bonchev–Trinajstić information content (AvgIpc) is 2.69. The highest BCUT2D eigenvalue weighted by Crippen LogP contribution is 2.37. The molecule has 0 spiro atoms. The van der Waals surface area contributed by atoms with Gasteiger partial charge >= 0.3 is 6.18 Å². The fourth-order valence-corrected chi connectivity index (χ4v) is 3.72. The molecule has 2 aromatic rings. The third-order valence-electron chi connectivity index (χ3n) is 5.05. The zero-order valence-corrected chi connectivity index (χ0v) is 16.0. The Labute approximate surface area is 166 Å². The van der Waals surface area contributed by atoms with Crippen molar-refractivity contribution in [1.29, 1.82) is 5.26 Å². The number of hydrogen-bond acceptors (Lipinski definition) is 5. The zero-order chi connectivity index (χ0) is 21.0. The number of piperidine rings is 1. The van der Waals surface area contributed by atoms with E-state index in [9.17, 15) is 23.2 Å². The molecule has 3 rings (SSSR count). The van der Waals surface area contributed by atoms with E-state index in [0.29, 0.717) is 41.8 Å². The molecular weight excluding hydrogens is 383 g/mol. The van der Waals surface area contributed by atoms with Gasteiger partial charge in [-0.05, 0) is 30.7 Å². The molecule has 6 nitrogen and oxygen atoms in total. The lowest BCUT2D eigenvalue weighted by Gasteiger charge is -2.40. The molecule has 154 valence electrons. The van der Waals surface area contributed by atoms with Crippen molar-refractivity contribution in [2.45, 2.75) is 25.6 Å². The summed E-state index contributed by atoms with van der Waals surface area (Å²) in [6, 6.07) is 8.47. The normalized spacial score (nSPS) is 19.8. The summed E-state index contributed by atoms with van der Waals surface area (Å²) in [6.45, 7) is 2.38. The molecule has 1 saturated heterocycles. The lowest BCUT2D eigenvalue weighted by atomic mass is 9.92. The van der Waals surface area contributed by atoms with Crippen molar-refractivity contribution in [3.8, 4) is 6.07 Å². The standard InChI is InChI=1S/C20H22F3N5O/c1-13(29)25-7-8-26-16-9-15(20(21,22)23)11-28(12-16)18-5-4-14(10-24)19-17(18)3-2-6-27-19/h2-6,15-16,26H,7-9,11-12H2,1H3,(H,25,29)/t15-,16+/m0/s1. The van der Waals surface area contributed by atoms with Crippen LogP contribution in [0.2, 0.25) is 0 Å². The number of nitriles is 1. The van der Waals surface area contributed by atoms with Crippen LogP contribution in [-0.4, -0.2) is 49.3 Å². The molecule has 2 atom stereocenters. The Kier molecular flexibility index (Phi) is 6.23. The van der Waals surface area contributed by atoms with Crippen LogP contribution in [0.25, 0.3) is 10.9 Å². The summed E-state index contributed by atoms with van der Waals surface area (Å²) < 4.78 is 40.7. The topological polar surface area (TPSA) is 81.0 Å². The quantitative estimate of drug-likeness (QED) is 0.748. The predicted molar refractivity (Wildman–Crippen MR) is 103 cm³/mol. The largest absolute Gasteiger partial charge is 0.393 e. The Bertz CT molecular complexity index is 924. The predicted octanol–water partition coefficient (Wildman–Crippen LogP) is 2.59. The molecule has 1 aliphatic rings. The van der Waals surface area contributed by atoms with Crippen LogP contribution < -0.4 is 15.5 Å². The van der Waals surface area contributed by atoms with Crippen LogP contribution in [-0.2, 0) is 4.79 Å². The van der Waals surface area contributed by atoms with Crippen LogP contribution >= 0.6 is 0 Å². The maximum atomic E-state index is 13.6. The second-order valence-electron chi connectivity index (χ2n) is 7.16. The number of benzene rings is 1. The van der Waals surface area contributed by atoms with Crippen LogP contribution in [0.1, 0.15) is 18.9 Å². The first-order chi connectivity index (χ1) is 13.8. The van der Waals surface area contributed by atoms with Gasteiger partial charge in [-0.25, -0.2) is 0 Å². The van der Waals surface area contributed by atoms with Gasteiger partial charge in [0.2, 0.25) is 5.91 Å². The van der Waals surface area contributed by atoms with Gasteiger partial charge in [0.1, 0.15) is 6.07 Å². The van der Waals surface area contributed by atoms with E-state index in [-0.39, 0.29) is 24.9 Å². The van der Waals surface area contributed by atoms with Crippen LogP contribution in [0.15, 0.2) is 30.5 Å². The fourth-order valence-electron chi connectivity index (χ4n) is 3.72. The van der Waals surface area contributed by atoms with E-state index in [1.165, 1.54) is 6.92 Å². The van der Waals surface area contributed by atoms with Gasteiger partial charge in [0, 0.05) is 56.4 Å². The van der Waals surface area contributed by atoms with Crippen LogP contribution in [0.5, 0.6) is 0 Å². The number of pyridine rings is 1. The SMILES string of the molecule is CC(=O)NCCN[C@@H]1C[C@H](C(F)(F)F)CN(c2ccc(C#N)c3ncccc23)C1. The molecule has 0 radical (unpaired) electrons. The minimum Gasteiger partial charge on any atom is -0.369 e. The van der Waals surface area contributed by atoms with Crippen molar-refractivity contribution in [2.75, 3.05) is 31.1 Å². The first-order valence-corrected chi connectivity index (χ1v) is 9.37. The number of alkyl halides is 3.